The van der Waals surface area contributed by atoms with E-state index in [9.17, 15) is 4.79 Å². The van der Waals surface area contributed by atoms with Crippen LogP contribution < -0.4 is 10.1 Å². The van der Waals surface area contributed by atoms with Crippen LogP contribution in [0.4, 0.5) is 5.69 Å². The third kappa shape index (κ3) is 5.20. The van der Waals surface area contributed by atoms with Crippen LogP contribution in [0.15, 0.2) is 59.4 Å². The van der Waals surface area contributed by atoms with Gasteiger partial charge in [-0.15, -0.1) is 11.3 Å². The van der Waals surface area contributed by atoms with E-state index in [2.05, 4.69) is 27.3 Å². The van der Waals surface area contributed by atoms with Crippen LogP contribution in [0.5, 0.6) is 5.75 Å². The zero-order valence-corrected chi connectivity index (χ0v) is 19.6. The smallest absolute Gasteiger partial charge is 0.337 e. The van der Waals surface area contributed by atoms with Gasteiger partial charge in [-0.1, -0.05) is 12.1 Å². The first-order valence-corrected chi connectivity index (χ1v) is 12.4. The lowest BCUT2D eigenvalue weighted by Gasteiger charge is -2.39. The molecule has 3 heterocycles. The Bertz CT molecular complexity index is 1040. The van der Waals surface area contributed by atoms with Crippen LogP contribution in [0.25, 0.3) is 0 Å². The van der Waals surface area contributed by atoms with Crippen molar-refractivity contribution in [1.29, 1.82) is 0 Å². The van der Waals surface area contributed by atoms with Gasteiger partial charge in [-0.2, -0.15) is 0 Å². The number of methoxy groups -OCH3 is 1. The normalized spacial score (nSPS) is 22.2. The van der Waals surface area contributed by atoms with Crippen molar-refractivity contribution >= 4 is 23.0 Å². The van der Waals surface area contributed by atoms with E-state index >= 15 is 0 Å². The highest BCUT2D eigenvalue weighted by Crippen LogP contribution is 2.38. The van der Waals surface area contributed by atoms with Gasteiger partial charge in [0.05, 0.1) is 23.9 Å². The maximum Gasteiger partial charge on any atom is 0.337 e. The molecule has 1 N–H and O–H groups in total. The fourth-order valence-electron chi connectivity index (χ4n) is 5.07. The van der Waals surface area contributed by atoms with Crippen molar-refractivity contribution in [3.8, 4) is 5.75 Å². The topological polar surface area (TPSA) is 63.7 Å². The number of carbonyl (C=O) groups excluding carboxylic acids is 1. The minimum atomic E-state index is -0.285. The molecular weight excluding hydrogens is 434 g/mol. The zero-order valence-electron chi connectivity index (χ0n) is 18.8. The molecule has 2 aliphatic rings. The quantitative estimate of drug-likeness (QED) is 0.468. The van der Waals surface area contributed by atoms with E-state index in [4.69, 9.17) is 9.47 Å². The predicted molar refractivity (Wildman–Crippen MR) is 130 cm³/mol. The molecule has 3 aromatic rings. The summed E-state index contributed by atoms with van der Waals surface area (Å²) in [6.07, 6.45) is 4.82. The monoisotopic (exact) mass is 463 g/mol. The molecule has 1 aromatic heterocycles. The summed E-state index contributed by atoms with van der Waals surface area (Å²) < 4.78 is 10.6. The molecule has 2 saturated heterocycles. The molecule has 2 aliphatic heterocycles. The largest absolute Gasteiger partial charge is 0.487 e. The Kier molecular flexibility index (Phi) is 6.60. The summed E-state index contributed by atoms with van der Waals surface area (Å²) in [6, 6.07) is 17.8. The third-order valence-electron chi connectivity index (χ3n) is 6.72. The van der Waals surface area contributed by atoms with Crippen LogP contribution in [-0.4, -0.2) is 41.1 Å². The molecule has 5 rings (SSSR count). The maximum absolute atomic E-state index is 11.7. The first-order chi connectivity index (χ1) is 16.2. The van der Waals surface area contributed by atoms with Gasteiger partial charge in [-0.05, 0) is 67.6 Å². The lowest BCUT2D eigenvalue weighted by Crippen LogP contribution is -2.46. The maximum atomic E-state index is 11.7. The lowest BCUT2D eigenvalue weighted by atomic mass is 9.96. The van der Waals surface area contributed by atoms with Crippen LogP contribution in [0.1, 0.15) is 47.3 Å². The van der Waals surface area contributed by atoms with Gasteiger partial charge in [-0.3, -0.25) is 4.90 Å². The van der Waals surface area contributed by atoms with Crippen molar-refractivity contribution in [1.82, 2.24) is 9.88 Å². The van der Waals surface area contributed by atoms with Gasteiger partial charge >= 0.3 is 5.97 Å². The number of carbonyl (C=O) groups is 1. The van der Waals surface area contributed by atoms with Gasteiger partial charge in [0.25, 0.3) is 0 Å². The second-order valence-corrected chi connectivity index (χ2v) is 9.57. The summed E-state index contributed by atoms with van der Waals surface area (Å²) in [6.45, 7) is 1.44. The molecule has 2 bridgehead atoms. The second-order valence-electron chi connectivity index (χ2n) is 8.85. The molecule has 3 atom stereocenters. The molecule has 33 heavy (non-hydrogen) atoms. The molecule has 0 spiro atoms. The Morgan fingerprint density at radius 2 is 1.82 bits per heavy atom. The van der Waals surface area contributed by atoms with Gasteiger partial charge in [0.2, 0.25) is 0 Å². The molecule has 7 heteroatoms. The van der Waals surface area contributed by atoms with Crippen molar-refractivity contribution < 1.29 is 14.3 Å². The molecule has 2 fully saturated rings. The summed E-state index contributed by atoms with van der Waals surface area (Å²) >= 11 is 1.58. The Balaban J connectivity index is 1.14. The number of nitrogens with one attached hydrogen (secondary N) is 1. The molecule has 0 saturated carbocycles. The predicted octanol–water partition coefficient (Wildman–Crippen LogP) is 5.12. The van der Waals surface area contributed by atoms with Gasteiger partial charge in [0.15, 0.2) is 0 Å². The van der Waals surface area contributed by atoms with Crippen LogP contribution in [0.3, 0.4) is 0 Å². The average Bonchev–Trinajstić information content (AvgIpc) is 3.44. The van der Waals surface area contributed by atoms with E-state index in [-0.39, 0.29) is 5.97 Å². The molecule has 0 amide bonds. The first kappa shape index (κ1) is 21.9. The number of esters is 1. The summed E-state index contributed by atoms with van der Waals surface area (Å²) in [5.41, 5.74) is 5.78. The van der Waals surface area contributed by atoms with Gasteiger partial charge in [0, 0.05) is 35.7 Å². The fraction of sp³-hybridized carbons (Fsp3) is 0.385. The van der Waals surface area contributed by atoms with E-state index < -0.39 is 0 Å². The molecule has 172 valence electrons. The number of hydrogen-bond donors (Lipinski definition) is 1. The molecule has 2 aromatic carbocycles. The zero-order chi connectivity index (χ0) is 22.6. The highest BCUT2D eigenvalue weighted by Gasteiger charge is 2.40. The lowest BCUT2D eigenvalue weighted by molar-refractivity contribution is 0.0600. The Morgan fingerprint density at radius 1 is 1.09 bits per heavy atom. The summed E-state index contributed by atoms with van der Waals surface area (Å²) in [4.78, 5) is 18.6. The van der Waals surface area contributed by atoms with Crippen molar-refractivity contribution in [2.45, 2.75) is 57.0 Å². The summed E-state index contributed by atoms with van der Waals surface area (Å²) in [5.74, 6) is 0.578. The molecule has 6 nitrogen and oxygen atoms in total. The summed E-state index contributed by atoms with van der Waals surface area (Å²) in [5, 5.41) is 5.75. The second kappa shape index (κ2) is 9.93. The highest BCUT2D eigenvalue weighted by molar-refractivity contribution is 7.07. The van der Waals surface area contributed by atoms with Gasteiger partial charge in [-0.25, -0.2) is 9.78 Å². The number of hydrogen-bond acceptors (Lipinski definition) is 7. The molecule has 0 aliphatic carbocycles. The first-order valence-electron chi connectivity index (χ1n) is 11.5. The van der Waals surface area contributed by atoms with Crippen molar-refractivity contribution in [3.05, 3.63) is 76.2 Å². The van der Waals surface area contributed by atoms with Crippen LogP contribution in [-0.2, 0) is 17.9 Å². The van der Waals surface area contributed by atoms with Crippen LogP contribution in [0, 0.1) is 0 Å². The third-order valence-corrected chi connectivity index (χ3v) is 7.36. The minimum absolute atomic E-state index is 0.285. The number of ether oxygens (including phenoxy) is 2. The van der Waals surface area contributed by atoms with Crippen LogP contribution in [0.2, 0.25) is 0 Å². The van der Waals surface area contributed by atoms with E-state index in [1.807, 2.05) is 47.3 Å². The number of thiazole rings is 1. The number of benzene rings is 2. The number of anilines is 1. The number of fused-ring (bicyclic) bond motifs is 2. The fourth-order valence-corrected chi connectivity index (χ4v) is 5.62. The number of nitrogens with zero attached hydrogens (tertiary/aromatic N) is 2. The average molecular weight is 464 g/mol. The Hall–Kier alpha value is -2.90. The van der Waals surface area contributed by atoms with Crippen molar-refractivity contribution in [2.24, 2.45) is 0 Å². The molecule has 1 unspecified atom stereocenters. The van der Waals surface area contributed by atoms with Gasteiger partial charge < -0.3 is 14.8 Å². The van der Waals surface area contributed by atoms with Gasteiger partial charge in [0.1, 0.15) is 12.4 Å². The minimum Gasteiger partial charge on any atom is -0.487 e. The highest BCUT2D eigenvalue weighted by atomic mass is 32.1. The van der Waals surface area contributed by atoms with E-state index in [1.165, 1.54) is 25.5 Å². The van der Waals surface area contributed by atoms with Crippen molar-refractivity contribution in [2.75, 3.05) is 12.4 Å². The standard InChI is InChI=1S/C26H29N3O3S/c1-31-26(30)19-4-2-18(3-5-19)14-29-23-8-9-24(29)13-21(12-23)28-20-6-10-25(11-7-20)32-15-22-16-33-17-27-22/h2-7,10-11,16-17,21,23-24,28H,8-9,12-15H2,1H3/t21?,23-,24+. The van der Waals surface area contributed by atoms with E-state index in [0.717, 1.165) is 36.5 Å². The number of aromatic nitrogens is 1. The van der Waals surface area contributed by atoms with Crippen LogP contribution >= 0.6 is 11.3 Å². The van der Waals surface area contributed by atoms with Crippen molar-refractivity contribution in [3.63, 3.8) is 0 Å². The van der Waals surface area contributed by atoms with E-state index in [1.54, 1.807) is 11.3 Å². The SMILES string of the molecule is COC(=O)c1ccc(CN2[C@@H]3CC[C@H]2CC(Nc2ccc(OCc4cscn4)cc2)C3)cc1. The molecular formula is C26H29N3O3S. The Labute approximate surface area is 198 Å². The number of piperidine rings is 1. The summed E-state index contributed by atoms with van der Waals surface area (Å²) in [7, 11) is 1.42. The Morgan fingerprint density at radius 3 is 2.45 bits per heavy atom. The molecule has 0 radical (unpaired) electrons. The number of rotatable bonds is 8. The van der Waals surface area contributed by atoms with E-state index in [0.29, 0.717) is 30.3 Å².